The van der Waals surface area contributed by atoms with Gasteiger partial charge in [0.2, 0.25) is 0 Å². The highest BCUT2D eigenvalue weighted by molar-refractivity contribution is 5.95. The van der Waals surface area contributed by atoms with E-state index in [-0.39, 0.29) is 23.7 Å². The lowest BCUT2D eigenvalue weighted by atomic mass is 9.96. The van der Waals surface area contributed by atoms with Crippen molar-refractivity contribution >= 4 is 11.7 Å². The van der Waals surface area contributed by atoms with Crippen LogP contribution in [0.2, 0.25) is 0 Å². The summed E-state index contributed by atoms with van der Waals surface area (Å²) in [5.74, 6) is 0.569. The number of carbonyl (C=O) groups excluding carboxylic acids is 1. The first-order valence-corrected chi connectivity index (χ1v) is 9.92. The van der Waals surface area contributed by atoms with Crippen molar-refractivity contribution in [2.45, 2.75) is 51.9 Å². The number of likely N-dealkylation sites (tertiary alicyclic amines) is 1. The molecule has 0 spiro atoms. The number of amides is 1. The van der Waals surface area contributed by atoms with E-state index in [0.29, 0.717) is 24.7 Å². The van der Waals surface area contributed by atoms with E-state index in [1.165, 1.54) is 6.07 Å². The first-order valence-electron chi connectivity index (χ1n) is 9.92. The highest BCUT2D eigenvalue weighted by Crippen LogP contribution is 2.30. The summed E-state index contributed by atoms with van der Waals surface area (Å²) in [6.07, 6.45) is -2.09. The third-order valence-electron chi connectivity index (χ3n) is 5.17. The lowest BCUT2D eigenvalue weighted by molar-refractivity contribution is -0.137. The van der Waals surface area contributed by atoms with Gasteiger partial charge in [-0.1, -0.05) is 0 Å². The number of carbonyl (C=O) groups is 1. The summed E-state index contributed by atoms with van der Waals surface area (Å²) in [5, 5.41) is 3.17. The van der Waals surface area contributed by atoms with E-state index >= 15 is 0 Å². The molecule has 3 rings (SSSR count). The third-order valence-corrected chi connectivity index (χ3v) is 5.17. The van der Waals surface area contributed by atoms with Crippen molar-refractivity contribution in [3.8, 4) is 5.75 Å². The molecule has 1 N–H and O–H groups in total. The molecule has 1 fully saturated rings. The Kier molecular flexibility index (Phi) is 6.48. The molecule has 0 saturated carbocycles. The molecule has 2 aromatic rings. The molecule has 9 heteroatoms. The smallest absolute Gasteiger partial charge is 0.417 e. The van der Waals surface area contributed by atoms with Gasteiger partial charge in [-0.05, 0) is 57.9 Å². The third kappa shape index (κ3) is 4.83. The zero-order valence-electron chi connectivity index (χ0n) is 17.2. The molecule has 3 heterocycles. The van der Waals surface area contributed by atoms with Crippen LogP contribution in [0.5, 0.6) is 5.75 Å². The van der Waals surface area contributed by atoms with Gasteiger partial charge < -0.3 is 15.0 Å². The maximum atomic E-state index is 13.2. The minimum Gasteiger partial charge on any atom is -0.491 e. The zero-order valence-corrected chi connectivity index (χ0v) is 17.2. The van der Waals surface area contributed by atoms with Gasteiger partial charge in [0.15, 0.2) is 11.4 Å². The van der Waals surface area contributed by atoms with E-state index in [9.17, 15) is 18.0 Å². The molecule has 0 bridgehead atoms. The number of halogens is 3. The average molecular weight is 422 g/mol. The molecule has 2 atom stereocenters. The summed E-state index contributed by atoms with van der Waals surface area (Å²) in [4.78, 5) is 23.2. The Morgan fingerprint density at radius 2 is 2.07 bits per heavy atom. The molecule has 0 aromatic carbocycles. The topological polar surface area (TPSA) is 67.3 Å². The second-order valence-electron chi connectivity index (χ2n) is 7.29. The number of ether oxygens (including phenoxy) is 1. The second-order valence-corrected chi connectivity index (χ2v) is 7.29. The molecule has 6 nitrogen and oxygen atoms in total. The molecule has 0 radical (unpaired) electrons. The number of nitrogens with zero attached hydrogens (tertiary/aromatic N) is 3. The molecule has 1 saturated heterocycles. The zero-order chi connectivity index (χ0) is 21.9. The number of alkyl halides is 3. The summed E-state index contributed by atoms with van der Waals surface area (Å²) in [6.45, 7) is 6.56. The van der Waals surface area contributed by atoms with Gasteiger partial charge in [0.25, 0.3) is 5.91 Å². The van der Waals surface area contributed by atoms with Gasteiger partial charge >= 0.3 is 6.18 Å². The van der Waals surface area contributed by atoms with Crippen molar-refractivity contribution in [1.82, 2.24) is 14.9 Å². The van der Waals surface area contributed by atoms with Gasteiger partial charge in [-0.15, -0.1) is 0 Å². The molecular formula is C21H25F3N4O2. The van der Waals surface area contributed by atoms with Crippen LogP contribution >= 0.6 is 0 Å². The number of hydrogen-bond donors (Lipinski definition) is 1. The van der Waals surface area contributed by atoms with Crippen LogP contribution in [0.25, 0.3) is 0 Å². The van der Waals surface area contributed by atoms with Crippen molar-refractivity contribution in [1.29, 1.82) is 0 Å². The fourth-order valence-corrected chi connectivity index (χ4v) is 3.56. The first-order chi connectivity index (χ1) is 14.2. The van der Waals surface area contributed by atoms with E-state index in [2.05, 4.69) is 15.3 Å². The van der Waals surface area contributed by atoms with Crippen LogP contribution in [0.3, 0.4) is 0 Å². The average Bonchev–Trinajstić information content (AvgIpc) is 2.70. The fraction of sp³-hybridized carbons (Fsp3) is 0.476. The van der Waals surface area contributed by atoms with Crippen LogP contribution in [0.1, 0.15) is 48.4 Å². The molecule has 1 aliphatic rings. The van der Waals surface area contributed by atoms with Gasteiger partial charge in [0, 0.05) is 30.5 Å². The van der Waals surface area contributed by atoms with Crippen molar-refractivity contribution in [3.05, 3.63) is 47.4 Å². The number of anilines is 1. The van der Waals surface area contributed by atoms with Crippen LogP contribution in [0.15, 0.2) is 30.5 Å². The van der Waals surface area contributed by atoms with Gasteiger partial charge in [0.05, 0.1) is 12.2 Å². The van der Waals surface area contributed by atoms with Crippen LogP contribution in [-0.2, 0) is 6.18 Å². The molecule has 2 aromatic heterocycles. The molecule has 30 heavy (non-hydrogen) atoms. The minimum atomic E-state index is -4.42. The number of aromatic nitrogens is 2. The predicted molar refractivity (Wildman–Crippen MR) is 107 cm³/mol. The SMILES string of the molecule is CCOc1ccc(C)nc1C(=O)N1CCC[C@H](Nc2ccc(C(F)(F)F)cn2)[C@H]1C. The van der Waals surface area contributed by atoms with Crippen LogP contribution in [-0.4, -0.2) is 46.0 Å². The van der Waals surface area contributed by atoms with E-state index in [4.69, 9.17) is 4.74 Å². The molecule has 1 amide bonds. The quantitative estimate of drug-likeness (QED) is 0.778. The van der Waals surface area contributed by atoms with Gasteiger partial charge in [0.1, 0.15) is 5.82 Å². The Balaban J connectivity index is 1.76. The highest BCUT2D eigenvalue weighted by Gasteiger charge is 2.34. The number of nitrogens with one attached hydrogen (secondary N) is 1. The Morgan fingerprint density at radius 3 is 2.70 bits per heavy atom. The molecule has 162 valence electrons. The van der Waals surface area contributed by atoms with E-state index in [1.54, 1.807) is 17.0 Å². The lowest BCUT2D eigenvalue weighted by Gasteiger charge is -2.40. The van der Waals surface area contributed by atoms with Crippen LogP contribution < -0.4 is 10.1 Å². The molecule has 0 aliphatic carbocycles. The number of hydrogen-bond acceptors (Lipinski definition) is 5. The Bertz CT molecular complexity index is 887. The van der Waals surface area contributed by atoms with Gasteiger partial charge in [-0.25, -0.2) is 9.97 Å². The molecule has 1 aliphatic heterocycles. The summed E-state index contributed by atoms with van der Waals surface area (Å²) < 4.78 is 43.8. The highest BCUT2D eigenvalue weighted by atomic mass is 19.4. The normalized spacial score (nSPS) is 19.5. The molecule has 0 unspecified atom stereocenters. The largest absolute Gasteiger partial charge is 0.491 e. The summed E-state index contributed by atoms with van der Waals surface area (Å²) in [7, 11) is 0. The van der Waals surface area contributed by atoms with Crippen LogP contribution in [0.4, 0.5) is 19.0 Å². The van der Waals surface area contributed by atoms with Crippen molar-refractivity contribution < 1.29 is 22.7 Å². The number of piperidine rings is 1. The first kappa shape index (κ1) is 21.9. The number of aryl methyl sites for hydroxylation is 1. The van der Waals surface area contributed by atoms with E-state index < -0.39 is 11.7 Å². The maximum absolute atomic E-state index is 13.2. The monoisotopic (exact) mass is 422 g/mol. The van der Waals surface area contributed by atoms with Gasteiger partial charge in [-0.3, -0.25) is 4.79 Å². The summed E-state index contributed by atoms with van der Waals surface area (Å²) in [6, 6.07) is 5.50. The van der Waals surface area contributed by atoms with Gasteiger partial charge in [-0.2, -0.15) is 13.2 Å². The maximum Gasteiger partial charge on any atom is 0.417 e. The van der Waals surface area contributed by atoms with E-state index in [0.717, 1.165) is 30.8 Å². The predicted octanol–water partition coefficient (Wildman–Crippen LogP) is 4.31. The Labute approximate surface area is 173 Å². The minimum absolute atomic E-state index is 0.146. The summed E-state index contributed by atoms with van der Waals surface area (Å²) >= 11 is 0. The number of rotatable bonds is 5. The van der Waals surface area contributed by atoms with Crippen molar-refractivity contribution in [3.63, 3.8) is 0 Å². The van der Waals surface area contributed by atoms with Crippen LogP contribution in [0, 0.1) is 6.92 Å². The fourth-order valence-electron chi connectivity index (χ4n) is 3.56. The Hall–Kier alpha value is -2.84. The number of pyridine rings is 2. The van der Waals surface area contributed by atoms with Crippen molar-refractivity contribution in [2.75, 3.05) is 18.5 Å². The van der Waals surface area contributed by atoms with Crippen molar-refractivity contribution in [2.24, 2.45) is 0 Å². The lowest BCUT2D eigenvalue weighted by Crippen LogP contribution is -2.52. The Morgan fingerprint density at radius 1 is 1.30 bits per heavy atom. The molecular weight excluding hydrogens is 397 g/mol. The summed E-state index contributed by atoms with van der Waals surface area (Å²) in [5.41, 5.74) is 0.197. The second kappa shape index (κ2) is 8.89. The standard InChI is InChI=1S/C21H25F3N4O2/c1-4-30-17-9-7-13(2)26-19(17)20(29)28-11-5-6-16(14(28)3)27-18-10-8-15(12-25-18)21(22,23)24/h7-10,12,14,16H,4-6,11H2,1-3H3,(H,25,27)/t14-,16+/m1/s1. The van der Waals surface area contributed by atoms with E-state index in [1.807, 2.05) is 20.8 Å².